The Hall–Kier alpha value is -0.900. The van der Waals surface area contributed by atoms with E-state index in [0.29, 0.717) is 19.4 Å². The summed E-state index contributed by atoms with van der Waals surface area (Å²) in [6.07, 6.45) is 1.12. The second kappa shape index (κ2) is 5.10. The lowest BCUT2D eigenvalue weighted by molar-refractivity contribution is -0.120. The number of hydrogen-bond acceptors (Lipinski definition) is 3. The molecule has 1 saturated heterocycles. The zero-order chi connectivity index (χ0) is 10.6. The predicted molar refractivity (Wildman–Crippen MR) is 54.0 cm³/mol. The number of carbonyl (C=O) groups excluding carboxylic acids is 2. The third-order valence-electron chi connectivity index (χ3n) is 2.55. The highest BCUT2D eigenvalue weighted by atomic mass is 16.1. The highest BCUT2D eigenvalue weighted by Crippen LogP contribution is 2.06. The molecule has 1 fully saturated rings. The lowest BCUT2D eigenvalue weighted by atomic mass is 10.1. The van der Waals surface area contributed by atoms with E-state index in [2.05, 4.69) is 10.2 Å². The van der Waals surface area contributed by atoms with Crippen molar-refractivity contribution in [1.82, 2.24) is 10.2 Å². The van der Waals surface area contributed by atoms with Gasteiger partial charge in [0.1, 0.15) is 5.78 Å². The summed E-state index contributed by atoms with van der Waals surface area (Å²) >= 11 is 0. The van der Waals surface area contributed by atoms with Gasteiger partial charge in [0, 0.05) is 38.5 Å². The van der Waals surface area contributed by atoms with E-state index in [4.69, 9.17) is 0 Å². The van der Waals surface area contributed by atoms with Crippen LogP contribution in [0.3, 0.4) is 0 Å². The molecule has 1 unspecified atom stereocenters. The molecule has 1 aliphatic rings. The van der Waals surface area contributed by atoms with E-state index in [-0.39, 0.29) is 17.7 Å². The average molecular weight is 198 g/mol. The quantitative estimate of drug-likeness (QED) is 0.703. The van der Waals surface area contributed by atoms with Crippen LogP contribution in [0.4, 0.5) is 0 Å². The Kier molecular flexibility index (Phi) is 4.07. The molecular weight excluding hydrogens is 180 g/mol. The third-order valence-corrected chi connectivity index (χ3v) is 2.55. The molecule has 1 rings (SSSR count). The van der Waals surface area contributed by atoms with Gasteiger partial charge in [0.2, 0.25) is 5.91 Å². The fraction of sp³-hybridized carbons (Fsp3) is 0.800. The summed E-state index contributed by atoms with van der Waals surface area (Å²) < 4.78 is 0. The Morgan fingerprint density at radius 3 is 2.93 bits per heavy atom. The van der Waals surface area contributed by atoms with Crippen LogP contribution in [-0.2, 0) is 9.59 Å². The Bertz CT molecular complexity index is 228. The summed E-state index contributed by atoms with van der Waals surface area (Å²) in [7, 11) is 0. The van der Waals surface area contributed by atoms with Gasteiger partial charge in [-0.15, -0.1) is 0 Å². The van der Waals surface area contributed by atoms with Gasteiger partial charge in [0.15, 0.2) is 0 Å². The first kappa shape index (κ1) is 11.2. The molecule has 4 heteroatoms. The summed E-state index contributed by atoms with van der Waals surface area (Å²) in [6.45, 7) is 5.95. The lowest BCUT2D eigenvalue weighted by Gasteiger charge is -2.25. The van der Waals surface area contributed by atoms with E-state index in [9.17, 15) is 9.59 Å². The van der Waals surface area contributed by atoms with Crippen molar-refractivity contribution in [3.05, 3.63) is 0 Å². The van der Waals surface area contributed by atoms with Crippen LogP contribution in [0.15, 0.2) is 0 Å². The smallest absolute Gasteiger partial charge is 0.221 e. The number of hydrogen-bond donors (Lipinski definition) is 1. The molecule has 0 aromatic rings. The van der Waals surface area contributed by atoms with Crippen molar-refractivity contribution in [2.45, 2.75) is 32.7 Å². The molecule has 0 radical (unpaired) electrons. The molecule has 0 bridgehead atoms. The minimum atomic E-state index is 0.113. The van der Waals surface area contributed by atoms with Crippen LogP contribution in [0.2, 0.25) is 0 Å². The Balaban J connectivity index is 2.42. The molecule has 14 heavy (non-hydrogen) atoms. The van der Waals surface area contributed by atoms with Crippen LogP contribution in [0.1, 0.15) is 26.7 Å². The average Bonchev–Trinajstić information content (AvgIpc) is 2.28. The summed E-state index contributed by atoms with van der Waals surface area (Å²) in [5, 5.41) is 2.82. The van der Waals surface area contributed by atoms with Crippen LogP contribution >= 0.6 is 0 Å². The maximum Gasteiger partial charge on any atom is 0.221 e. The third kappa shape index (κ3) is 3.46. The molecule has 1 atom stereocenters. The normalized spacial score (nSPS) is 21.1. The first-order valence-corrected chi connectivity index (χ1v) is 5.10. The summed E-state index contributed by atoms with van der Waals surface area (Å²) in [4.78, 5) is 24.2. The summed E-state index contributed by atoms with van der Waals surface area (Å²) in [6, 6.07) is 0.250. The Morgan fingerprint density at radius 1 is 1.57 bits per heavy atom. The van der Waals surface area contributed by atoms with Gasteiger partial charge >= 0.3 is 0 Å². The number of Topliss-reactive ketones (excluding diaryl/α,β-unsaturated/α-hetero) is 1. The zero-order valence-corrected chi connectivity index (χ0v) is 8.88. The molecule has 0 aromatic carbocycles. The van der Waals surface area contributed by atoms with Gasteiger partial charge in [0.05, 0.1) is 0 Å². The van der Waals surface area contributed by atoms with Crippen molar-refractivity contribution >= 4 is 11.7 Å². The molecule has 80 valence electrons. The number of carbonyl (C=O) groups is 2. The minimum absolute atomic E-state index is 0.113. The first-order valence-electron chi connectivity index (χ1n) is 5.10. The monoisotopic (exact) mass is 198 g/mol. The van der Waals surface area contributed by atoms with Crippen LogP contribution in [0.5, 0.6) is 0 Å². The molecule has 0 aliphatic carbocycles. The maximum absolute atomic E-state index is 11.1. The van der Waals surface area contributed by atoms with E-state index in [0.717, 1.165) is 13.1 Å². The molecule has 0 saturated carbocycles. The topological polar surface area (TPSA) is 49.4 Å². The highest BCUT2D eigenvalue weighted by molar-refractivity contribution is 5.77. The maximum atomic E-state index is 11.1. The van der Waals surface area contributed by atoms with Crippen molar-refractivity contribution in [2.75, 3.05) is 19.6 Å². The number of amides is 1. The van der Waals surface area contributed by atoms with Crippen LogP contribution < -0.4 is 5.32 Å². The minimum Gasteiger partial charge on any atom is -0.355 e. The van der Waals surface area contributed by atoms with E-state index < -0.39 is 0 Å². The Morgan fingerprint density at radius 2 is 2.29 bits per heavy atom. The van der Waals surface area contributed by atoms with Crippen LogP contribution in [0.25, 0.3) is 0 Å². The number of nitrogens with one attached hydrogen (secondary N) is 1. The highest BCUT2D eigenvalue weighted by Gasteiger charge is 2.18. The molecule has 1 N–H and O–H groups in total. The first-order chi connectivity index (χ1) is 6.59. The Labute approximate surface area is 84.7 Å². The van der Waals surface area contributed by atoms with Gasteiger partial charge in [-0.05, 0) is 13.8 Å². The SMILES string of the molecule is CC(=O)CC(C)N1CCNC(=O)CC1. The molecule has 1 heterocycles. The predicted octanol–water partition coefficient (Wildman–Crippen LogP) is 0.176. The standard InChI is InChI=1S/C10H18N2O2/c1-8(7-9(2)13)12-5-3-10(14)11-4-6-12/h8H,3-7H2,1-2H3,(H,11,14). The molecule has 1 amide bonds. The van der Waals surface area contributed by atoms with E-state index in [1.807, 2.05) is 6.92 Å². The number of nitrogens with zero attached hydrogens (tertiary/aromatic N) is 1. The van der Waals surface area contributed by atoms with Gasteiger partial charge in [-0.3, -0.25) is 14.5 Å². The molecule has 0 spiro atoms. The fourth-order valence-corrected chi connectivity index (χ4v) is 1.77. The zero-order valence-electron chi connectivity index (χ0n) is 8.88. The van der Waals surface area contributed by atoms with Gasteiger partial charge < -0.3 is 5.32 Å². The van der Waals surface area contributed by atoms with Crippen molar-refractivity contribution in [3.8, 4) is 0 Å². The van der Waals surface area contributed by atoms with Gasteiger partial charge in [-0.1, -0.05) is 0 Å². The van der Waals surface area contributed by atoms with Gasteiger partial charge in [0.25, 0.3) is 0 Å². The van der Waals surface area contributed by atoms with Crippen molar-refractivity contribution in [2.24, 2.45) is 0 Å². The van der Waals surface area contributed by atoms with E-state index in [1.54, 1.807) is 6.92 Å². The molecular formula is C10H18N2O2. The van der Waals surface area contributed by atoms with Crippen molar-refractivity contribution < 1.29 is 9.59 Å². The molecule has 0 aromatic heterocycles. The van der Waals surface area contributed by atoms with Gasteiger partial charge in [-0.2, -0.15) is 0 Å². The lowest BCUT2D eigenvalue weighted by Crippen LogP contribution is -2.37. The van der Waals surface area contributed by atoms with Crippen molar-refractivity contribution in [1.29, 1.82) is 0 Å². The summed E-state index contributed by atoms with van der Waals surface area (Å²) in [5.74, 6) is 0.323. The number of ketones is 1. The van der Waals surface area contributed by atoms with E-state index >= 15 is 0 Å². The molecule has 4 nitrogen and oxygen atoms in total. The van der Waals surface area contributed by atoms with Crippen LogP contribution in [-0.4, -0.2) is 42.3 Å². The van der Waals surface area contributed by atoms with Crippen LogP contribution in [0, 0.1) is 0 Å². The fourth-order valence-electron chi connectivity index (χ4n) is 1.77. The second-order valence-electron chi connectivity index (χ2n) is 3.89. The van der Waals surface area contributed by atoms with Gasteiger partial charge in [-0.25, -0.2) is 0 Å². The molecule has 1 aliphatic heterocycles. The largest absolute Gasteiger partial charge is 0.355 e. The number of rotatable bonds is 3. The van der Waals surface area contributed by atoms with E-state index in [1.165, 1.54) is 0 Å². The summed E-state index contributed by atoms with van der Waals surface area (Å²) in [5.41, 5.74) is 0. The van der Waals surface area contributed by atoms with Crippen molar-refractivity contribution in [3.63, 3.8) is 0 Å². The second-order valence-corrected chi connectivity index (χ2v) is 3.89.